The number of hydrogen-bond acceptors (Lipinski definition) is 3. The number of nitrogens with zero attached hydrogens (tertiary/aromatic N) is 4. The Morgan fingerprint density at radius 3 is 2.63 bits per heavy atom. The predicted octanol–water partition coefficient (Wildman–Crippen LogP) is 4.33. The molecule has 3 aromatic rings. The standard InChI is InChI=1S/C21H26N4O.ClH/c1-2-10-25-15-18(13-23-25)20-14-22-17-24(20)16-21(8-11-26-12-9-21)19-6-4-3-5-7-19;/h3-7,13-15,17H,2,8-12,16H2,1H3;1H. The Labute approximate surface area is 166 Å². The molecule has 0 unspecified atom stereocenters. The molecule has 1 aliphatic heterocycles. The number of ether oxygens (including phenoxy) is 1. The Hall–Kier alpha value is -2.11. The number of hydrogen-bond donors (Lipinski definition) is 0. The van der Waals surface area contributed by atoms with Crippen LogP contribution in [0.15, 0.2) is 55.2 Å². The van der Waals surface area contributed by atoms with E-state index in [1.165, 1.54) is 5.56 Å². The molecule has 1 aliphatic rings. The highest BCUT2D eigenvalue weighted by Crippen LogP contribution is 2.37. The maximum atomic E-state index is 5.67. The molecule has 144 valence electrons. The molecule has 1 aromatic carbocycles. The molecule has 5 nitrogen and oxygen atoms in total. The molecule has 2 aromatic heterocycles. The van der Waals surface area contributed by atoms with Gasteiger partial charge < -0.3 is 9.30 Å². The van der Waals surface area contributed by atoms with E-state index in [2.05, 4.69) is 58.1 Å². The summed E-state index contributed by atoms with van der Waals surface area (Å²) in [6, 6.07) is 10.9. The van der Waals surface area contributed by atoms with Crippen LogP contribution in [0.4, 0.5) is 0 Å². The second-order valence-corrected chi connectivity index (χ2v) is 7.16. The van der Waals surface area contributed by atoms with E-state index in [4.69, 9.17) is 4.74 Å². The predicted molar refractivity (Wildman–Crippen MR) is 109 cm³/mol. The molecule has 0 N–H and O–H groups in total. The molecule has 0 amide bonds. The van der Waals surface area contributed by atoms with Crippen molar-refractivity contribution in [1.29, 1.82) is 0 Å². The summed E-state index contributed by atoms with van der Waals surface area (Å²) in [5, 5.41) is 4.48. The normalized spacial score (nSPS) is 16.0. The Morgan fingerprint density at radius 1 is 1.11 bits per heavy atom. The van der Waals surface area contributed by atoms with Crippen LogP contribution in [-0.4, -0.2) is 32.5 Å². The lowest BCUT2D eigenvalue weighted by Gasteiger charge is -2.38. The second kappa shape index (κ2) is 8.72. The summed E-state index contributed by atoms with van der Waals surface area (Å²) in [4.78, 5) is 4.44. The van der Waals surface area contributed by atoms with Gasteiger partial charge in [-0.15, -0.1) is 12.4 Å². The number of halogens is 1. The number of aromatic nitrogens is 4. The molecule has 1 fully saturated rings. The van der Waals surface area contributed by atoms with Crippen LogP contribution in [-0.2, 0) is 23.2 Å². The quantitative estimate of drug-likeness (QED) is 0.633. The van der Waals surface area contributed by atoms with Gasteiger partial charge in [0.15, 0.2) is 0 Å². The highest BCUT2D eigenvalue weighted by atomic mass is 35.5. The van der Waals surface area contributed by atoms with Gasteiger partial charge in [0.05, 0.1) is 24.4 Å². The van der Waals surface area contributed by atoms with E-state index in [0.29, 0.717) is 0 Å². The van der Waals surface area contributed by atoms with Crippen molar-refractivity contribution in [2.45, 2.75) is 44.7 Å². The number of benzene rings is 1. The SMILES string of the molecule is CCCn1cc(-c2cncn2CC2(c3ccccc3)CCOCC2)cn1.Cl. The first kappa shape index (κ1) is 19.6. The van der Waals surface area contributed by atoms with Gasteiger partial charge in [0.25, 0.3) is 0 Å². The van der Waals surface area contributed by atoms with Crippen molar-refractivity contribution in [3.05, 3.63) is 60.8 Å². The van der Waals surface area contributed by atoms with Crippen molar-refractivity contribution in [3.8, 4) is 11.3 Å². The van der Waals surface area contributed by atoms with E-state index in [0.717, 1.165) is 56.8 Å². The number of imidazole rings is 1. The van der Waals surface area contributed by atoms with Gasteiger partial charge >= 0.3 is 0 Å². The lowest BCUT2D eigenvalue weighted by atomic mass is 9.74. The van der Waals surface area contributed by atoms with Crippen molar-refractivity contribution in [1.82, 2.24) is 19.3 Å². The monoisotopic (exact) mass is 386 g/mol. The molecule has 3 heterocycles. The molecular formula is C21H27ClN4O. The Balaban J connectivity index is 0.00000210. The average Bonchev–Trinajstić information content (AvgIpc) is 3.33. The fourth-order valence-electron chi connectivity index (χ4n) is 3.95. The third-order valence-electron chi connectivity index (χ3n) is 5.40. The summed E-state index contributed by atoms with van der Waals surface area (Å²) in [6.45, 7) is 5.65. The zero-order valence-electron chi connectivity index (χ0n) is 15.8. The minimum Gasteiger partial charge on any atom is -0.381 e. The number of rotatable bonds is 6. The fourth-order valence-corrected chi connectivity index (χ4v) is 3.95. The van der Waals surface area contributed by atoms with Gasteiger partial charge in [-0.1, -0.05) is 37.3 Å². The molecule has 0 atom stereocenters. The van der Waals surface area contributed by atoms with Crippen molar-refractivity contribution in [2.24, 2.45) is 0 Å². The molecular weight excluding hydrogens is 360 g/mol. The third kappa shape index (κ3) is 4.09. The highest BCUT2D eigenvalue weighted by Gasteiger charge is 2.35. The molecule has 0 bridgehead atoms. The Morgan fingerprint density at radius 2 is 1.89 bits per heavy atom. The summed E-state index contributed by atoms with van der Waals surface area (Å²) in [6.07, 6.45) is 11.1. The van der Waals surface area contributed by atoms with Gasteiger partial charge in [0.2, 0.25) is 0 Å². The summed E-state index contributed by atoms with van der Waals surface area (Å²) in [5.41, 5.74) is 3.75. The van der Waals surface area contributed by atoms with Crippen molar-refractivity contribution >= 4 is 12.4 Å². The summed E-state index contributed by atoms with van der Waals surface area (Å²) in [7, 11) is 0. The first-order valence-corrected chi connectivity index (χ1v) is 9.47. The van der Waals surface area contributed by atoms with Crippen LogP contribution in [0.2, 0.25) is 0 Å². The van der Waals surface area contributed by atoms with Crippen LogP contribution >= 0.6 is 12.4 Å². The van der Waals surface area contributed by atoms with Crippen LogP contribution in [0, 0.1) is 0 Å². The molecule has 0 radical (unpaired) electrons. The molecule has 0 saturated carbocycles. The van der Waals surface area contributed by atoms with Crippen molar-refractivity contribution in [3.63, 3.8) is 0 Å². The molecule has 0 spiro atoms. The molecule has 6 heteroatoms. The Kier molecular flexibility index (Phi) is 6.34. The Bertz CT molecular complexity index is 837. The molecule has 4 rings (SSSR count). The van der Waals surface area contributed by atoms with E-state index in [1.807, 2.05) is 23.4 Å². The highest BCUT2D eigenvalue weighted by molar-refractivity contribution is 5.85. The topological polar surface area (TPSA) is 44.9 Å². The van der Waals surface area contributed by atoms with Crippen molar-refractivity contribution in [2.75, 3.05) is 13.2 Å². The van der Waals surface area contributed by atoms with E-state index in [-0.39, 0.29) is 17.8 Å². The summed E-state index contributed by atoms with van der Waals surface area (Å²) >= 11 is 0. The van der Waals surface area contributed by atoms with Gasteiger partial charge in [-0.05, 0) is 24.8 Å². The average molecular weight is 387 g/mol. The zero-order valence-corrected chi connectivity index (χ0v) is 16.6. The lowest BCUT2D eigenvalue weighted by Crippen LogP contribution is -2.38. The smallest absolute Gasteiger partial charge is 0.0951 e. The molecule has 1 saturated heterocycles. The second-order valence-electron chi connectivity index (χ2n) is 7.16. The fraction of sp³-hybridized carbons (Fsp3) is 0.429. The van der Waals surface area contributed by atoms with Gasteiger partial charge in [0, 0.05) is 43.5 Å². The van der Waals surface area contributed by atoms with Gasteiger partial charge in [-0.2, -0.15) is 5.10 Å². The van der Waals surface area contributed by atoms with Crippen LogP contribution in [0.5, 0.6) is 0 Å². The van der Waals surface area contributed by atoms with Crippen LogP contribution in [0.1, 0.15) is 31.7 Å². The minimum atomic E-state index is 0. The molecule has 27 heavy (non-hydrogen) atoms. The van der Waals surface area contributed by atoms with Crippen LogP contribution in [0.25, 0.3) is 11.3 Å². The van der Waals surface area contributed by atoms with Gasteiger partial charge in [-0.3, -0.25) is 4.68 Å². The lowest BCUT2D eigenvalue weighted by molar-refractivity contribution is 0.0436. The van der Waals surface area contributed by atoms with Gasteiger partial charge in [-0.25, -0.2) is 4.98 Å². The first-order chi connectivity index (χ1) is 12.8. The van der Waals surface area contributed by atoms with Crippen molar-refractivity contribution < 1.29 is 4.74 Å². The van der Waals surface area contributed by atoms with E-state index >= 15 is 0 Å². The zero-order chi connectivity index (χ0) is 17.8. The largest absolute Gasteiger partial charge is 0.381 e. The van der Waals surface area contributed by atoms with E-state index in [9.17, 15) is 0 Å². The van der Waals surface area contributed by atoms with Gasteiger partial charge in [0.1, 0.15) is 0 Å². The minimum absolute atomic E-state index is 0. The number of aryl methyl sites for hydroxylation is 1. The summed E-state index contributed by atoms with van der Waals surface area (Å²) in [5.74, 6) is 0. The van der Waals surface area contributed by atoms with Crippen LogP contribution in [0.3, 0.4) is 0 Å². The maximum absolute atomic E-state index is 5.67. The van der Waals surface area contributed by atoms with Crippen LogP contribution < -0.4 is 0 Å². The first-order valence-electron chi connectivity index (χ1n) is 9.47. The molecule has 0 aliphatic carbocycles. The third-order valence-corrected chi connectivity index (χ3v) is 5.40. The summed E-state index contributed by atoms with van der Waals surface area (Å²) < 4.78 is 9.96. The van der Waals surface area contributed by atoms with E-state index < -0.39 is 0 Å². The van der Waals surface area contributed by atoms with E-state index in [1.54, 1.807) is 0 Å². The maximum Gasteiger partial charge on any atom is 0.0951 e.